The van der Waals surface area contributed by atoms with Crippen molar-refractivity contribution in [2.75, 3.05) is 0 Å². The molecule has 43 heavy (non-hydrogen) atoms. The lowest BCUT2D eigenvalue weighted by Gasteiger charge is -2.23. The zero-order chi connectivity index (χ0) is 38.8. The van der Waals surface area contributed by atoms with E-state index in [4.69, 9.17) is 27.3 Å². The van der Waals surface area contributed by atoms with Gasteiger partial charge in [-0.3, -0.25) is 0 Å². The first-order valence-electron chi connectivity index (χ1n) is 18.9. The monoisotopic (exact) mass is 578 g/mol. The molecule has 0 N–H and O–H groups in total. The van der Waals surface area contributed by atoms with E-state index >= 15 is 0 Å². The fourth-order valence-corrected chi connectivity index (χ4v) is 5.09. The fraction of sp³-hybridized carbons (Fsp3) is 0.333. The second kappa shape index (κ2) is 11.1. The number of rotatable bonds is 4. The van der Waals surface area contributed by atoms with Crippen molar-refractivity contribution in [2.24, 2.45) is 7.05 Å². The second-order valence-electron chi connectivity index (χ2n) is 13.2. The molecule has 4 nitrogen and oxygen atoms in total. The number of aryl methyl sites for hydroxylation is 5. The number of hydrogen-bond donors (Lipinski definition) is 0. The molecule has 0 aliphatic rings. The largest absolute Gasteiger partial charge is 0.217 e. The maximum atomic E-state index is 8.64. The number of hydrogen-bond acceptors (Lipinski definition) is 3. The van der Waals surface area contributed by atoms with Crippen LogP contribution in [-0.2, 0) is 17.9 Å². The van der Waals surface area contributed by atoms with Crippen LogP contribution in [0.1, 0.15) is 87.8 Å². The van der Waals surface area contributed by atoms with E-state index < -0.39 is 31.4 Å². The number of aromatic nitrogens is 4. The quantitative estimate of drug-likeness (QED) is 0.200. The van der Waals surface area contributed by atoms with Crippen LogP contribution in [-0.4, -0.2) is 15.0 Å². The average Bonchev–Trinajstić information content (AvgIpc) is 3.02. The van der Waals surface area contributed by atoms with Gasteiger partial charge in [0.15, 0.2) is 12.0 Å². The minimum atomic E-state index is -2.71. The summed E-state index contributed by atoms with van der Waals surface area (Å²) in [5.74, 6) is 1.21. The van der Waals surface area contributed by atoms with Gasteiger partial charge in [0, 0.05) is 46.4 Å². The Bertz CT molecular complexity index is 2070. The van der Waals surface area contributed by atoms with Gasteiger partial charge in [-0.15, -0.1) is 0 Å². The molecular formula is C39H45N4+. The van der Waals surface area contributed by atoms with Crippen molar-refractivity contribution in [1.82, 2.24) is 15.0 Å². The van der Waals surface area contributed by atoms with Crippen molar-refractivity contribution in [3.8, 4) is 44.9 Å². The molecule has 0 bridgehead atoms. The molecule has 0 amide bonds. The summed E-state index contributed by atoms with van der Waals surface area (Å²) in [7, 11) is 1.83. The molecule has 0 fully saturated rings. The molecule has 5 aromatic rings. The highest BCUT2D eigenvalue weighted by atomic mass is 15.1. The molecule has 0 spiro atoms. The fourth-order valence-electron chi connectivity index (χ4n) is 5.09. The van der Waals surface area contributed by atoms with Gasteiger partial charge < -0.3 is 0 Å². The topological polar surface area (TPSA) is 42.6 Å². The minimum Gasteiger partial charge on any atom is -0.217 e. The molecule has 0 atom stereocenters. The van der Waals surface area contributed by atoms with Crippen molar-refractivity contribution >= 4 is 0 Å². The molecule has 0 unspecified atom stereocenters. The number of benzene rings is 3. The van der Waals surface area contributed by atoms with Gasteiger partial charge in [-0.1, -0.05) is 77.9 Å². The summed E-state index contributed by atoms with van der Waals surface area (Å²) in [4.78, 5) is 14.2. The van der Waals surface area contributed by atoms with Crippen molar-refractivity contribution in [2.45, 2.75) is 79.9 Å². The normalized spacial score (nSPS) is 16.0. The minimum absolute atomic E-state index is 0.0757. The highest BCUT2D eigenvalue weighted by molar-refractivity contribution is 5.80. The van der Waals surface area contributed by atoms with Crippen LogP contribution in [0.15, 0.2) is 72.9 Å². The van der Waals surface area contributed by atoms with E-state index in [-0.39, 0.29) is 33.6 Å². The Morgan fingerprint density at radius 3 is 1.77 bits per heavy atom. The first kappa shape index (κ1) is 20.7. The predicted molar refractivity (Wildman–Crippen MR) is 179 cm³/mol. The van der Waals surface area contributed by atoms with E-state index in [0.29, 0.717) is 39.6 Å². The van der Waals surface area contributed by atoms with E-state index in [1.165, 1.54) is 12.1 Å². The zero-order valence-electron chi connectivity index (χ0n) is 35.2. The van der Waals surface area contributed by atoms with Gasteiger partial charge in [0.2, 0.25) is 5.69 Å². The maximum absolute atomic E-state index is 8.64. The molecule has 2 heterocycles. The third-order valence-electron chi connectivity index (χ3n) is 7.54. The Kier molecular flexibility index (Phi) is 5.36. The molecule has 3 aromatic carbocycles. The molecule has 0 radical (unpaired) electrons. The molecule has 0 saturated carbocycles. The summed E-state index contributed by atoms with van der Waals surface area (Å²) in [6.45, 7) is 5.85. The van der Waals surface area contributed by atoms with Crippen molar-refractivity contribution in [3.05, 3.63) is 107 Å². The van der Waals surface area contributed by atoms with Crippen LogP contribution < -0.4 is 4.57 Å². The van der Waals surface area contributed by atoms with Crippen molar-refractivity contribution in [1.29, 1.82) is 0 Å². The van der Waals surface area contributed by atoms with Crippen LogP contribution in [0.3, 0.4) is 0 Å². The molecule has 0 aliphatic heterocycles. The van der Waals surface area contributed by atoms with Gasteiger partial charge in [-0.2, -0.15) is 0 Å². The molecule has 220 valence electrons. The van der Waals surface area contributed by atoms with Gasteiger partial charge in [0.25, 0.3) is 0 Å². The average molecular weight is 579 g/mol. The second-order valence-corrected chi connectivity index (χ2v) is 13.2. The van der Waals surface area contributed by atoms with E-state index in [9.17, 15) is 0 Å². The molecular weight excluding hydrogens is 524 g/mol. The Hall–Kier alpha value is -4.18. The Balaban J connectivity index is 1.82. The third kappa shape index (κ3) is 6.15. The van der Waals surface area contributed by atoms with Crippen LogP contribution in [0.5, 0.6) is 0 Å². The van der Waals surface area contributed by atoms with E-state index in [1.54, 1.807) is 24.4 Å². The van der Waals surface area contributed by atoms with Crippen LogP contribution >= 0.6 is 0 Å². The first-order valence-corrected chi connectivity index (χ1v) is 14.4. The van der Waals surface area contributed by atoms with Crippen LogP contribution in [0.2, 0.25) is 0 Å². The van der Waals surface area contributed by atoms with Gasteiger partial charge >= 0.3 is 0 Å². The highest BCUT2D eigenvalue weighted by Gasteiger charge is 2.26. The molecule has 4 heteroatoms. The number of pyridine rings is 1. The summed E-state index contributed by atoms with van der Waals surface area (Å²) in [6, 6.07) is 19.2. The standard InChI is InChI=1S/C39H45N4/c1-24-19-25(2)32(23-31(24)28-15-13-12-14-16-28)33-22-29(17-18-43(33)11)34-26(3)20-30(21-27(34)4)35-40-36(38(5,6)7)42-37(41-35)39(8,9)10/h12-23H,1-11H3/q+1/i1D3,3D3,4D3. The summed E-state index contributed by atoms with van der Waals surface area (Å²) < 4.78 is 78.5. The van der Waals surface area contributed by atoms with Crippen LogP contribution in [0, 0.1) is 27.5 Å². The highest BCUT2D eigenvalue weighted by Crippen LogP contribution is 2.36. The summed E-state index contributed by atoms with van der Waals surface area (Å²) in [5, 5.41) is 0. The summed E-state index contributed by atoms with van der Waals surface area (Å²) >= 11 is 0. The van der Waals surface area contributed by atoms with Gasteiger partial charge in [0.05, 0.1) is 0 Å². The number of nitrogens with zero attached hydrogens (tertiary/aromatic N) is 4. The molecule has 2 aromatic heterocycles. The van der Waals surface area contributed by atoms with E-state index in [2.05, 4.69) is 0 Å². The van der Waals surface area contributed by atoms with Crippen molar-refractivity contribution < 1.29 is 16.9 Å². The van der Waals surface area contributed by atoms with Crippen molar-refractivity contribution in [3.63, 3.8) is 0 Å². The van der Waals surface area contributed by atoms with Gasteiger partial charge in [0.1, 0.15) is 18.7 Å². The van der Waals surface area contributed by atoms with Gasteiger partial charge in [-0.25, -0.2) is 19.5 Å². The Morgan fingerprint density at radius 1 is 0.605 bits per heavy atom. The molecule has 0 aliphatic carbocycles. The predicted octanol–water partition coefficient (Wildman–Crippen LogP) is 9.19. The first-order chi connectivity index (χ1) is 23.8. The molecule has 0 saturated heterocycles. The third-order valence-corrected chi connectivity index (χ3v) is 7.54. The lowest BCUT2D eigenvalue weighted by atomic mass is 9.90. The van der Waals surface area contributed by atoms with E-state index in [0.717, 1.165) is 5.56 Å². The Morgan fingerprint density at radius 2 is 1.21 bits per heavy atom. The molecule has 5 rings (SSSR count). The Labute approximate surface area is 270 Å². The lowest BCUT2D eigenvalue weighted by Crippen LogP contribution is -2.30. The summed E-state index contributed by atoms with van der Waals surface area (Å²) in [6.07, 6.45) is 1.75. The smallest absolute Gasteiger partial charge is 0.213 e. The van der Waals surface area contributed by atoms with E-state index in [1.807, 2.05) is 96.5 Å². The van der Waals surface area contributed by atoms with Crippen LogP contribution in [0.25, 0.3) is 44.9 Å². The summed E-state index contributed by atoms with van der Waals surface area (Å²) in [5.41, 5.74) is 3.06. The lowest BCUT2D eigenvalue weighted by molar-refractivity contribution is -0.660. The SMILES string of the molecule is [2H]C([2H])([2H])c1cc(C)c(-c2cc(-c3c(C([2H])([2H])[2H])cc(-c4nc(C(C)(C)C)nc(C(C)(C)C)n4)cc3C([2H])([2H])[2H])cc[n+]2C)cc1-c1ccccc1. The zero-order valence-corrected chi connectivity index (χ0v) is 26.2. The van der Waals surface area contributed by atoms with Crippen LogP contribution in [0.4, 0.5) is 0 Å². The van der Waals surface area contributed by atoms with Gasteiger partial charge in [-0.05, 0) is 90.2 Å². The maximum Gasteiger partial charge on any atom is 0.213 e.